The van der Waals surface area contributed by atoms with Crippen molar-refractivity contribution < 1.29 is 67.7 Å². The molecule has 5 rings (SSSR count). The molecule has 2 aliphatic heterocycles. The van der Waals surface area contributed by atoms with Crippen molar-refractivity contribution in [2.45, 2.75) is 144 Å². The van der Waals surface area contributed by atoms with Crippen LogP contribution in [-0.4, -0.2) is 160 Å². The van der Waals surface area contributed by atoms with Crippen LogP contribution in [-0.2, 0) is 76.8 Å². The average Bonchev–Trinajstić information content (AvgIpc) is 4.23. The summed E-state index contributed by atoms with van der Waals surface area (Å²) in [5.74, 6) is -11.8. The molecule has 0 radical (unpaired) electrons. The molecule has 2 aliphatic rings. The van der Waals surface area contributed by atoms with Crippen LogP contribution in [0.2, 0.25) is 0 Å². The summed E-state index contributed by atoms with van der Waals surface area (Å²) >= 11 is 0. The molecule has 0 bridgehead atoms. The Balaban J connectivity index is 1.41. The minimum atomic E-state index is -1.80. The van der Waals surface area contributed by atoms with Crippen LogP contribution in [0.3, 0.4) is 0 Å². The summed E-state index contributed by atoms with van der Waals surface area (Å²) in [6.07, 6.45) is -0.635. The quantitative estimate of drug-likeness (QED) is 0.0285. The maximum atomic E-state index is 14.6. The van der Waals surface area contributed by atoms with Gasteiger partial charge in [-0.3, -0.25) is 52.7 Å². The molecule has 2 heterocycles. The van der Waals surface area contributed by atoms with Gasteiger partial charge in [-0.25, -0.2) is 4.79 Å². The Hall–Kier alpha value is -8.78. The van der Waals surface area contributed by atoms with E-state index in [1.165, 1.54) is 0 Å². The molecule has 82 heavy (non-hydrogen) atoms. The third-order valence-electron chi connectivity index (χ3n) is 13.9. The van der Waals surface area contributed by atoms with E-state index in [0.717, 1.165) is 4.90 Å². The summed E-state index contributed by atoms with van der Waals surface area (Å²) in [5, 5.41) is 40.5. The molecule has 0 saturated carbocycles. The van der Waals surface area contributed by atoms with Crippen LogP contribution in [0.4, 0.5) is 0 Å². The van der Waals surface area contributed by atoms with Crippen LogP contribution in [0.5, 0.6) is 0 Å². The highest BCUT2D eigenvalue weighted by atomic mass is 16.4. The number of unbranched alkanes of at least 4 members (excludes halogenated alkanes) is 1. The summed E-state index contributed by atoms with van der Waals surface area (Å²) in [6, 6.07) is 12.5. The van der Waals surface area contributed by atoms with Crippen LogP contribution in [0, 0.1) is 0 Å². The van der Waals surface area contributed by atoms with E-state index in [4.69, 9.17) is 17.2 Å². The lowest BCUT2D eigenvalue weighted by atomic mass is 10.0. The Morgan fingerprint density at radius 3 is 1.38 bits per heavy atom. The van der Waals surface area contributed by atoms with Gasteiger partial charge >= 0.3 is 11.9 Å². The predicted octanol–water partition coefficient (Wildman–Crippen LogP) is -2.32. The summed E-state index contributed by atoms with van der Waals surface area (Å²) in [4.78, 5) is 163. The van der Waals surface area contributed by atoms with E-state index in [9.17, 15) is 67.7 Å². The van der Waals surface area contributed by atoms with Gasteiger partial charge in [0, 0.05) is 32.2 Å². The van der Waals surface area contributed by atoms with E-state index in [1.807, 2.05) is 0 Å². The number of amides is 10. The summed E-state index contributed by atoms with van der Waals surface area (Å²) in [6.45, 7) is 0.810. The first-order valence-corrected chi connectivity index (χ1v) is 27.2. The maximum absolute atomic E-state index is 14.6. The molecule has 0 aromatic heterocycles. The molecule has 3 aromatic carbocycles. The van der Waals surface area contributed by atoms with Crippen LogP contribution in [0.25, 0.3) is 0 Å². The zero-order valence-corrected chi connectivity index (χ0v) is 45.3. The minimum absolute atomic E-state index is 0.0444. The Bertz CT molecular complexity index is 2720. The summed E-state index contributed by atoms with van der Waals surface area (Å²) < 4.78 is 0. The Morgan fingerprint density at radius 1 is 0.512 bits per heavy atom. The number of benzene rings is 3. The molecule has 16 N–H and O–H groups in total. The van der Waals surface area contributed by atoms with Gasteiger partial charge in [-0.15, -0.1) is 0 Å². The first kappa shape index (κ1) is 64.0. The van der Waals surface area contributed by atoms with E-state index in [1.54, 1.807) is 91.0 Å². The van der Waals surface area contributed by atoms with Gasteiger partial charge in [0.05, 0.1) is 18.9 Å². The van der Waals surface area contributed by atoms with Gasteiger partial charge in [-0.05, 0) is 81.1 Å². The Labute approximate surface area is 473 Å². The predicted molar refractivity (Wildman–Crippen MR) is 295 cm³/mol. The van der Waals surface area contributed by atoms with Crippen LogP contribution < -0.4 is 59.7 Å². The molecule has 2 fully saturated rings. The van der Waals surface area contributed by atoms with E-state index in [2.05, 4.69) is 42.5 Å². The second-order valence-electron chi connectivity index (χ2n) is 20.2. The molecule has 26 nitrogen and oxygen atoms in total. The van der Waals surface area contributed by atoms with Gasteiger partial charge < -0.3 is 74.8 Å². The fourth-order valence-electron chi connectivity index (χ4n) is 9.58. The van der Waals surface area contributed by atoms with Crippen molar-refractivity contribution >= 4 is 71.0 Å². The van der Waals surface area contributed by atoms with Crippen molar-refractivity contribution in [2.24, 2.45) is 17.2 Å². The smallest absolute Gasteiger partial charge is 0.326 e. The van der Waals surface area contributed by atoms with Gasteiger partial charge in [0.15, 0.2) is 0 Å². The zero-order valence-electron chi connectivity index (χ0n) is 45.3. The number of nitrogens with two attached hydrogens (primary N) is 3. The third-order valence-corrected chi connectivity index (χ3v) is 13.9. The lowest BCUT2D eigenvalue weighted by Gasteiger charge is -2.29. The second-order valence-corrected chi connectivity index (χ2v) is 20.2. The first-order chi connectivity index (χ1) is 39.2. The number of carbonyl (C=O) groups excluding carboxylic acids is 10. The number of aliphatic carboxylic acids is 2. The van der Waals surface area contributed by atoms with E-state index >= 15 is 0 Å². The largest absolute Gasteiger partial charge is 0.481 e. The second kappa shape index (κ2) is 32.5. The number of carboxylic acid groups (broad SMARTS) is 2. The molecule has 0 spiro atoms. The van der Waals surface area contributed by atoms with Crippen molar-refractivity contribution in [2.75, 3.05) is 19.6 Å². The number of hydrogen-bond donors (Lipinski definition) is 13. The van der Waals surface area contributed by atoms with Gasteiger partial charge in [-0.2, -0.15) is 0 Å². The molecule has 9 atom stereocenters. The van der Waals surface area contributed by atoms with Crippen LogP contribution >= 0.6 is 0 Å². The summed E-state index contributed by atoms with van der Waals surface area (Å²) in [7, 11) is 0. The molecule has 0 aliphatic carbocycles. The number of carbonyl (C=O) groups is 12. The van der Waals surface area contributed by atoms with Gasteiger partial charge in [0.1, 0.15) is 48.3 Å². The molecular formula is C56H74N12O14. The standard InChI is InChI=1S/C56H74N12O14/c57-25-11-10-20-37(61-50(75)39(28-33-14-4-1-5-15-33)65-54(79)43(32-47(71)72)67-48(73)36-21-12-26-60-36)49(74)63-41(30-35-18-8-3-9-19-35)52(77)66-42(31-46(59)70)53(78)64-40(29-34-16-6-2-7-17-34)51(76)62-38(23-24-45(58)69)55(80)68-27-13-22-44(68)56(81)82/h1-9,14-19,36-44,60H,10-13,20-32,57H2,(H2,58,69)(H2,59,70)(H,61,75)(H,62,76)(H,63,74)(H,64,78)(H,65,79)(H,66,77)(H,67,73)(H,71,72)(H,81,82)/t36-,37-,38-,39-,40-,41-,42-,43-,44-/m0/s1. The lowest BCUT2D eigenvalue weighted by molar-refractivity contribution is -0.149. The topological polar surface area (TPSA) is 423 Å². The molecule has 10 amide bonds. The third kappa shape index (κ3) is 20.7. The number of likely N-dealkylation sites (tertiary alicyclic amines) is 1. The molecule has 2 saturated heterocycles. The first-order valence-electron chi connectivity index (χ1n) is 27.2. The van der Waals surface area contributed by atoms with E-state index in [0.29, 0.717) is 48.9 Å². The van der Waals surface area contributed by atoms with E-state index in [-0.39, 0.29) is 64.5 Å². The highest BCUT2D eigenvalue weighted by Gasteiger charge is 2.40. The maximum Gasteiger partial charge on any atom is 0.326 e. The number of primary amides is 2. The van der Waals surface area contributed by atoms with Crippen molar-refractivity contribution in [1.29, 1.82) is 0 Å². The molecule has 442 valence electrons. The number of hydrogen-bond acceptors (Lipinski definition) is 14. The Kier molecular flexibility index (Phi) is 25.4. The minimum Gasteiger partial charge on any atom is -0.481 e. The number of carboxylic acids is 2. The summed E-state index contributed by atoms with van der Waals surface area (Å²) in [5.41, 5.74) is 18.4. The van der Waals surface area contributed by atoms with Gasteiger partial charge in [0.25, 0.3) is 0 Å². The Morgan fingerprint density at radius 2 is 0.951 bits per heavy atom. The highest BCUT2D eigenvalue weighted by Crippen LogP contribution is 2.20. The van der Waals surface area contributed by atoms with Crippen molar-refractivity contribution in [1.82, 2.24) is 47.4 Å². The molecule has 3 aromatic rings. The SMILES string of the molecule is NCCCC[C@H](NC(=O)[C@H](Cc1ccccc1)NC(=O)[C@H](CC(=O)O)NC(=O)[C@@H]1CCCN1)C(=O)N[C@@H](Cc1ccccc1)C(=O)N[C@@H](CC(N)=O)C(=O)N[C@@H](Cc1ccccc1)C(=O)N[C@@H](CCC(N)=O)C(=O)N1CCC[C@H]1C(=O)O. The van der Waals surface area contributed by atoms with Gasteiger partial charge in [0.2, 0.25) is 59.1 Å². The van der Waals surface area contributed by atoms with Crippen molar-refractivity contribution in [3.63, 3.8) is 0 Å². The fourth-order valence-corrected chi connectivity index (χ4v) is 9.58. The normalized spacial score (nSPS) is 17.2. The number of rotatable bonds is 33. The molecule has 26 heteroatoms. The van der Waals surface area contributed by atoms with Crippen molar-refractivity contribution in [3.8, 4) is 0 Å². The highest BCUT2D eigenvalue weighted by molar-refractivity contribution is 6.00. The van der Waals surface area contributed by atoms with Crippen LogP contribution in [0.1, 0.15) is 87.3 Å². The number of nitrogens with zero attached hydrogens (tertiary/aromatic N) is 1. The van der Waals surface area contributed by atoms with Crippen LogP contribution in [0.15, 0.2) is 91.0 Å². The van der Waals surface area contributed by atoms with Crippen molar-refractivity contribution in [3.05, 3.63) is 108 Å². The molecular weight excluding hydrogens is 1060 g/mol. The van der Waals surface area contributed by atoms with E-state index < -0.39 is 138 Å². The zero-order chi connectivity index (χ0) is 59.7. The fraction of sp³-hybridized carbons (Fsp3) is 0.464. The molecule has 0 unspecified atom stereocenters. The van der Waals surface area contributed by atoms with Gasteiger partial charge in [-0.1, -0.05) is 91.0 Å². The lowest BCUT2D eigenvalue weighted by Crippen LogP contribution is -2.61. The monoisotopic (exact) mass is 1140 g/mol. The number of nitrogens with one attached hydrogen (secondary N) is 8. The average molecular weight is 1140 g/mol.